The van der Waals surface area contributed by atoms with Gasteiger partial charge in [0.2, 0.25) is 23.6 Å². The van der Waals surface area contributed by atoms with Crippen LogP contribution in [0.15, 0.2) is 60.9 Å². The van der Waals surface area contributed by atoms with Gasteiger partial charge in [-0.25, -0.2) is 0 Å². The Kier molecular flexibility index (Phi) is 9.78. The predicted octanol–water partition coefficient (Wildman–Crippen LogP) is 0.586. The Morgan fingerprint density at radius 1 is 0.767 bits per heavy atom. The van der Waals surface area contributed by atoms with Crippen molar-refractivity contribution in [2.45, 2.75) is 56.8 Å². The number of fused-ring (bicyclic) bond motifs is 2. The smallest absolute Gasteiger partial charge is 0.325 e. The van der Waals surface area contributed by atoms with E-state index in [4.69, 9.17) is 11.5 Å². The van der Waals surface area contributed by atoms with Gasteiger partial charge in [0, 0.05) is 53.5 Å². The molecule has 13 heteroatoms. The number of nitrogens with two attached hydrogens (primary N) is 2. The molecule has 4 rings (SSSR count). The lowest BCUT2D eigenvalue weighted by molar-refractivity contribution is -0.141. The minimum absolute atomic E-state index is 0.0126. The molecule has 43 heavy (non-hydrogen) atoms. The van der Waals surface area contributed by atoms with Crippen molar-refractivity contribution in [2.24, 2.45) is 11.5 Å². The first kappa shape index (κ1) is 30.8. The van der Waals surface area contributed by atoms with Crippen LogP contribution >= 0.6 is 0 Å². The number of carboxylic acids is 1. The Balaban J connectivity index is 1.61. The largest absolute Gasteiger partial charge is 0.480 e. The number of carboxylic acid groups (broad SMARTS) is 1. The van der Waals surface area contributed by atoms with E-state index in [9.17, 15) is 29.1 Å². The molecule has 0 saturated carbocycles. The molecule has 0 radical (unpaired) electrons. The van der Waals surface area contributed by atoms with Crippen LogP contribution in [0.3, 0.4) is 0 Å². The molecule has 226 valence electrons. The van der Waals surface area contributed by atoms with E-state index >= 15 is 0 Å². The Hall–Kier alpha value is -5.17. The quantitative estimate of drug-likeness (QED) is 0.104. The maximum Gasteiger partial charge on any atom is 0.325 e. The molecule has 4 amide bonds. The van der Waals surface area contributed by atoms with Gasteiger partial charge in [0.05, 0.1) is 6.04 Å². The molecule has 2 heterocycles. The molecular weight excluding hydrogens is 554 g/mol. The van der Waals surface area contributed by atoms with Gasteiger partial charge in [-0.15, -0.1) is 0 Å². The van der Waals surface area contributed by atoms with Crippen molar-refractivity contribution >= 4 is 51.4 Å². The lowest BCUT2D eigenvalue weighted by Gasteiger charge is -2.25. The SMILES string of the molecule is CC(NC(=O)C(Cc1c[nH]c2ccccc12)NC(=O)C(Cc1c[nH]c2ccccc12)NC(=O)C(N)CCC(N)=O)C(=O)O. The van der Waals surface area contributed by atoms with Crippen molar-refractivity contribution in [1.82, 2.24) is 25.9 Å². The molecule has 0 aliphatic rings. The lowest BCUT2D eigenvalue weighted by atomic mass is 10.0. The highest BCUT2D eigenvalue weighted by molar-refractivity contribution is 5.95. The second kappa shape index (κ2) is 13.7. The molecule has 2 aromatic heterocycles. The summed E-state index contributed by atoms with van der Waals surface area (Å²) < 4.78 is 0. The van der Waals surface area contributed by atoms with E-state index in [1.165, 1.54) is 6.92 Å². The maximum absolute atomic E-state index is 13.8. The molecule has 0 spiro atoms. The van der Waals surface area contributed by atoms with Crippen molar-refractivity contribution in [3.8, 4) is 0 Å². The Bertz CT molecular complexity index is 1640. The minimum Gasteiger partial charge on any atom is -0.480 e. The molecule has 4 atom stereocenters. The van der Waals surface area contributed by atoms with Crippen LogP contribution in [-0.4, -0.2) is 68.8 Å². The summed E-state index contributed by atoms with van der Waals surface area (Å²) >= 11 is 0. The van der Waals surface area contributed by atoms with E-state index in [1.807, 2.05) is 48.5 Å². The summed E-state index contributed by atoms with van der Waals surface area (Å²) in [4.78, 5) is 69.0. The number of hydrogen-bond donors (Lipinski definition) is 8. The third-order valence-electron chi connectivity index (χ3n) is 7.23. The molecule has 0 aliphatic heterocycles. The molecule has 13 nitrogen and oxygen atoms in total. The van der Waals surface area contributed by atoms with Crippen LogP contribution in [0.5, 0.6) is 0 Å². The average Bonchev–Trinajstić information content (AvgIpc) is 3.59. The average molecular weight is 590 g/mol. The van der Waals surface area contributed by atoms with Gasteiger partial charge < -0.3 is 42.5 Å². The van der Waals surface area contributed by atoms with Crippen molar-refractivity contribution in [3.63, 3.8) is 0 Å². The molecule has 0 aliphatic carbocycles. The third-order valence-corrected chi connectivity index (χ3v) is 7.23. The zero-order valence-corrected chi connectivity index (χ0v) is 23.6. The number of aromatic amines is 2. The van der Waals surface area contributed by atoms with Gasteiger partial charge in [-0.3, -0.25) is 24.0 Å². The summed E-state index contributed by atoms with van der Waals surface area (Å²) in [5, 5.41) is 18.8. The highest BCUT2D eigenvalue weighted by Crippen LogP contribution is 2.21. The fourth-order valence-electron chi connectivity index (χ4n) is 4.82. The molecule has 0 saturated heterocycles. The summed E-state index contributed by atoms with van der Waals surface area (Å²) in [7, 11) is 0. The first-order valence-corrected chi connectivity index (χ1v) is 13.8. The van der Waals surface area contributed by atoms with E-state index in [0.717, 1.165) is 32.9 Å². The zero-order valence-electron chi connectivity index (χ0n) is 23.6. The number of aromatic nitrogens is 2. The number of rotatable bonds is 14. The first-order valence-electron chi connectivity index (χ1n) is 13.8. The van der Waals surface area contributed by atoms with Crippen LogP contribution in [0.4, 0.5) is 0 Å². The molecule has 0 bridgehead atoms. The van der Waals surface area contributed by atoms with Crippen LogP contribution in [0.2, 0.25) is 0 Å². The standard InChI is InChI=1S/C30H35N7O6/c1-16(30(42)43)35-28(40)24(12-17-14-33-22-8-4-2-6-19(17)22)37-29(41)25(36-27(39)21(31)10-11-26(32)38)13-18-15-34-23-9-5-3-7-20(18)23/h2-9,14-16,21,24-25,33-34H,10-13,31H2,1H3,(H2,32,38)(H,35,40)(H,36,39)(H,37,41)(H,42,43). The summed E-state index contributed by atoms with van der Waals surface area (Å²) in [6, 6.07) is 10.2. The molecule has 4 unspecified atom stereocenters. The Morgan fingerprint density at radius 3 is 1.72 bits per heavy atom. The van der Waals surface area contributed by atoms with E-state index < -0.39 is 53.8 Å². The molecule has 4 aromatic rings. The van der Waals surface area contributed by atoms with Crippen LogP contribution in [0, 0.1) is 0 Å². The zero-order chi connectivity index (χ0) is 31.1. The fraction of sp³-hybridized carbons (Fsp3) is 0.300. The van der Waals surface area contributed by atoms with Gasteiger partial charge in [-0.05, 0) is 36.6 Å². The second-order valence-corrected chi connectivity index (χ2v) is 10.4. The number of amides is 4. The van der Waals surface area contributed by atoms with Crippen LogP contribution in [-0.2, 0) is 36.8 Å². The number of carbonyl (C=O) groups excluding carboxylic acids is 4. The third kappa shape index (κ3) is 7.77. The first-order chi connectivity index (χ1) is 20.5. The monoisotopic (exact) mass is 589 g/mol. The summed E-state index contributed by atoms with van der Waals surface area (Å²) in [6.45, 7) is 1.32. The van der Waals surface area contributed by atoms with Gasteiger partial charge >= 0.3 is 5.97 Å². The van der Waals surface area contributed by atoms with E-state index in [0.29, 0.717) is 0 Å². The highest BCUT2D eigenvalue weighted by atomic mass is 16.4. The molecular formula is C30H35N7O6. The number of benzene rings is 2. The normalized spacial score (nSPS) is 14.0. The molecule has 2 aromatic carbocycles. The lowest BCUT2D eigenvalue weighted by Crippen LogP contribution is -2.58. The minimum atomic E-state index is -1.24. The van der Waals surface area contributed by atoms with Crippen LogP contribution < -0.4 is 27.4 Å². The van der Waals surface area contributed by atoms with Gasteiger partial charge in [-0.2, -0.15) is 0 Å². The number of H-pyrrole nitrogens is 2. The number of nitrogens with one attached hydrogen (secondary N) is 5. The highest BCUT2D eigenvalue weighted by Gasteiger charge is 2.31. The van der Waals surface area contributed by atoms with E-state index in [1.54, 1.807) is 12.4 Å². The van der Waals surface area contributed by atoms with Crippen molar-refractivity contribution in [3.05, 3.63) is 72.1 Å². The Labute approximate surface area is 246 Å². The predicted molar refractivity (Wildman–Crippen MR) is 160 cm³/mol. The van der Waals surface area contributed by atoms with Gasteiger partial charge in [0.25, 0.3) is 0 Å². The fourth-order valence-corrected chi connectivity index (χ4v) is 4.82. The maximum atomic E-state index is 13.8. The van der Waals surface area contributed by atoms with Crippen molar-refractivity contribution in [1.29, 1.82) is 0 Å². The topological polar surface area (TPSA) is 225 Å². The summed E-state index contributed by atoms with van der Waals surface area (Å²) in [6.07, 6.45) is 3.43. The van der Waals surface area contributed by atoms with E-state index in [2.05, 4.69) is 25.9 Å². The Morgan fingerprint density at radius 2 is 1.23 bits per heavy atom. The number of para-hydroxylation sites is 2. The van der Waals surface area contributed by atoms with Crippen LogP contribution in [0.1, 0.15) is 30.9 Å². The number of aliphatic carboxylic acids is 1. The van der Waals surface area contributed by atoms with Gasteiger partial charge in [0.1, 0.15) is 18.1 Å². The molecule has 10 N–H and O–H groups in total. The van der Waals surface area contributed by atoms with Crippen LogP contribution in [0.25, 0.3) is 21.8 Å². The number of hydrogen-bond acceptors (Lipinski definition) is 6. The van der Waals surface area contributed by atoms with Crippen molar-refractivity contribution in [2.75, 3.05) is 0 Å². The van der Waals surface area contributed by atoms with Gasteiger partial charge in [-0.1, -0.05) is 36.4 Å². The summed E-state index contributed by atoms with van der Waals surface area (Å²) in [5.74, 6) is -3.90. The van der Waals surface area contributed by atoms with Crippen molar-refractivity contribution < 1.29 is 29.1 Å². The number of primary amides is 1. The number of carbonyl (C=O) groups is 5. The second-order valence-electron chi connectivity index (χ2n) is 10.4. The van der Waals surface area contributed by atoms with Gasteiger partial charge in [0.15, 0.2) is 0 Å². The molecule has 0 fully saturated rings. The summed E-state index contributed by atoms with van der Waals surface area (Å²) in [5.41, 5.74) is 14.3. The van der Waals surface area contributed by atoms with E-state index in [-0.39, 0.29) is 25.7 Å².